The monoisotopic (exact) mass is 624 g/mol. The highest BCUT2D eigenvalue weighted by Gasteiger charge is 2.50. The lowest BCUT2D eigenvalue weighted by Crippen LogP contribution is -2.55. The SMILES string of the molecule is C#Cc1c(F)ccc2cc(O)cc(-c3ncc4c(N5C[C@H]6CC[C@@H](C5)N6)nc(OCC56CCC(N(C)C)(CC5)CC6)nc4c3F)c12. The maximum absolute atomic E-state index is 16.8. The number of benzene rings is 2. The maximum atomic E-state index is 16.8. The highest BCUT2D eigenvalue weighted by atomic mass is 19.1. The lowest BCUT2D eigenvalue weighted by molar-refractivity contribution is -0.0536. The number of hydrogen-bond acceptors (Lipinski definition) is 8. The zero-order chi connectivity index (χ0) is 31.8. The van der Waals surface area contributed by atoms with Crippen molar-refractivity contribution < 1.29 is 18.6 Å². The van der Waals surface area contributed by atoms with Gasteiger partial charge in [0.05, 0.1) is 17.6 Å². The highest BCUT2D eigenvalue weighted by Crippen LogP contribution is 2.54. The van der Waals surface area contributed by atoms with Gasteiger partial charge in [0.25, 0.3) is 0 Å². The number of fused-ring (bicyclic) bond motifs is 7. The third kappa shape index (κ3) is 4.66. The molecule has 2 aromatic carbocycles. The van der Waals surface area contributed by atoms with E-state index in [0.29, 0.717) is 40.7 Å². The Bertz CT molecular complexity index is 1890. The Morgan fingerprint density at radius 3 is 2.46 bits per heavy atom. The van der Waals surface area contributed by atoms with Crippen LogP contribution in [-0.2, 0) is 0 Å². The van der Waals surface area contributed by atoms with E-state index in [9.17, 15) is 9.50 Å². The molecule has 4 bridgehead atoms. The van der Waals surface area contributed by atoms with E-state index in [2.05, 4.69) is 45.1 Å². The van der Waals surface area contributed by atoms with Gasteiger partial charge in [-0.25, -0.2) is 8.78 Å². The largest absolute Gasteiger partial charge is 0.508 e. The van der Waals surface area contributed by atoms with Gasteiger partial charge >= 0.3 is 6.01 Å². The second kappa shape index (κ2) is 10.7. The molecule has 4 aromatic rings. The van der Waals surface area contributed by atoms with Crippen LogP contribution >= 0.6 is 0 Å². The van der Waals surface area contributed by atoms with Crippen molar-refractivity contribution >= 4 is 27.5 Å². The van der Waals surface area contributed by atoms with Gasteiger partial charge in [-0.05, 0) is 89.0 Å². The highest BCUT2D eigenvalue weighted by molar-refractivity contribution is 6.03. The molecule has 2 aromatic heterocycles. The van der Waals surface area contributed by atoms with E-state index in [0.717, 1.165) is 64.5 Å². The zero-order valence-electron chi connectivity index (χ0n) is 26.2. The second-order valence-corrected chi connectivity index (χ2v) is 14.1. The van der Waals surface area contributed by atoms with Gasteiger partial charge in [-0.2, -0.15) is 9.97 Å². The van der Waals surface area contributed by atoms with Crippen molar-refractivity contribution in [3.8, 4) is 35.4 Å². The van der Waals surface area contributed by atoms with Crippen molar-refractivity contribution in [3.05, 3.63) is 47.7 Å². The number of ether oxygens (including phenoxy) is 1. The Hall–Kier alpha value is -4.07. The number of piperazine rings is 1. The van der Waals surface area contributed by atoms with Crippen LogP contribution in [0.2, 0.25) is 0 Å². The molecule has 3 saturated carbocycles. The minimum absolute atomic E-state index is 0.0185. The van der Waals surface area contributed by atoms with Gasteiger partial charge in [-0.3, -0.25) is 4.98 Å². The average molecular weight is 625 g/mol. The Morgan fingerprint density at radius 1 is 1.07 bits per heavy atom. The number of aromatic hydroxyl groups is 1. The molecular weight excluding hydrogens is 586 g/mol. The fraction of sp³-hybridized carbons (Fsp3) is 0.472. The van der Waals surface area contributed by atoms with Gasteiger partial charge in [0.2, 0.25) is 0 Å². The standard InChI is InChI=1S/C36H38F2N6O2/c1-4-25-28(37)8-5-21-15-24(45)16-26(29(21)25)31-30(38)32-27(17-39-31)33(44-18-22-6-7-23(19-44)40-22)42-34(41-32)46-20-35-9-12-36(13-10-35,14-11-35)43(2)3/h1,5,8,15-17,22-23,40,45H,6-7,9-14,18-20H2,2-3H3/t22-,23+,35?,36?. The van der Waals surface area contributed by atoms with Crippen molar-refractivity contribution in [1.82, 2.24) is 25.2 Å². The van der Waals surface area contributed by atoms with Crippen LogP contribution in [-0.4, -0.2) is 76.4 Å². The van der Waals surface area contributed by atoms with Crippen molar-refractivity contribution in [2.75, 3.05) is 38.7 Å². The van der Waals surface area contributed by atoms with Gasteiger partial charge in [0.1, 0.15) is 28.6 Å². The number of anilines is 1. The van der Waals surface area contributed by atoms with Crippen LogP contribution in [0.1, 0.15) is 56.9 Å². The number of nitrogens with one attached hydrogen (secondary N) is 1. The van der Waals surface area contributed by atoms with Gasteiger partial charge in [-0.1, -0.05) is 12.0 Å². The molecule has 0 amide bonds. The number of hydrogen-bond donors (Lipinski definition) is 2. The van der Waals surface area contributed by atoms with E-state index in [-0.39, 0.29) is 45.1 Å². The summed E-state index contributed by atoms with van der Waals surface area (Å²) in [6.07, 6.45) is 16.1. The smallest absolute Gasteiger partial charge is 0.319 e. The lowest BCUT2D eigenvalue weighted by atomic mass is 9.57. The molecule has 2 atom stereocenters. The first-order valence-corrected chi connectivity index (χ1v) is 16.3. The van der Waals surface area contributed by atoms with E-state index in [1.54, 1.807) is 6.20 Å². The molecular formula is C36H38F2N6O2. The molecule has 238 valence electrons. The summed E-state index contributed by atoms with van der Waals surface area (Å²) in [4.78, 5) is 18.7. The van der Waals surface area contributed by atoms with Gasteiger partial charge < -0.3 is 25.0 Å². The quantitative estimate of drug-likeness (QED) is 0.261. The third-order valence-electron chi connectivity index (χ3n) is 11.4. The molecule has 9 rings (SSSR count). The molecule has 4 heterocycles. The molecule has 0 spiro atoms. The first kappa shape index (κ1) is 29.3. The summed E-state index contributed by atoms with van der Waals surface area (Å²) in [6, 6.07) is 6.41. The van der Waals surface area contributed by atoms with Gasteiger partial charge in [0, 0.05) is 53.3 Å². The summed E-state index contributed by atoms with van der Waals surface area (Å²) >= 11 is 0. The van der Waals surface area contributed by atoms with Crippen LogP contribution in [0.5, 0.6) is 11.8 Å². The Labute approximate surface area is 267 Å². The van der Waals surface area contributed by atoms with Crippen LogP contribution in [0.3, 0.4) is 0 Å². The molecule has 10 heteroatoms. The molecule has 46 heavy (non-hydrogen) atoms. The first-order chi connectivity index (χ1) is 22.2. The predicted octanol–water partition coefficient (Wildman–Crippen LogP) is 5.78. The summed E-state index contributed by atoms with van der Waals surface area (Å²) in [5.41, 5.74) is 0.503. The summed E-state index contributed by atoms with van der Waals surface area (Å²) < 4.78 is 38.1. The minimum Gasteiger partial charge on any atom is -0.508 e. The van der Waals surface area contributed by atoms with Crippen LogP contribution in [0, 0.1) is 29.4 Å². The van der Waals surface area contributed by atoms with Crippen LogP contribution in [0.25, 0.3) is 32.9 Å². The average Bonchev–Trinajstić information content (AvgIpc) is 3.41. The number of phenolic OH excluding ortho intramolecular Hbond substituents is 1. The number of phenols is 1. The maximum Gasteiger partial charge on any atom is 0.319 e. The summed E-state index contributed by atoms with van der Waals surface area (Å²) in [5.74, 6) is 1.58. The minimum atomic E-state index is -0.701. The molecule has 0 unspecified atom stereocenters. The van der Waals surface area contributed by atoms with E-state index < -0.39 is 11.6 Å². The summed E-state index contributed by atoms with van der Waals surface area (Å²) in [5, 5.41) is 15.5. The molecule has 5 fully saturated rings. The van der Waals surface area contributed by atoms with Crippen LogP contribution < -0.4 is 15.0 Å². The Balaban J connectivity index is 1.23. The van der Waals surface area contributed by atoms with E-state index in [4.69, 9.17) is 16.1 Å². The number of rotatable bonds is 6. The Morgan fingerprint density at radius 2 is 1.78 bits per heavy atom. The summed E-state index contributed by atoms with van der Waals surface area (Å²) in [6.45, 7) is 1.96. The number of aromatic nitrogens is 3. The van der Waals surface area contributed by atoms with Crippen molar-refractivity contribution in [2.24, 2.45) is 5.41 Å². The van der Waals surface area contributed by atoms with Crippen molar-refractivity contribution in [2.45, 2.75) is 69.0 Å². The number of pyridine rings is 1. The normalized spacial score (nSPS) is 27.1. The zero-order valence-corrected chi connectivity index (χ0v) is 26.2. The fourth-order valence-electron chi connectivity index (χ4n) is 8.59. The first-order valence-electron chi connectivity index (χ1n) is 16.3. The van der Waals surface area contributed by atoms with Gasteiger partial charge in [0.15, 0.2) is 5.82 Å². The third-order valence-corrected chi connectivity index (χ3v) is 11.4. The van der Waals surface area contributed by atoms with Crippen molar-refractivity contribution in [1.29, 1.82) is 0 Å². The molecule has 5 aliphatic rings. The summed E-state index contributed by atoms with van der Waals surface area (Å²) in [7, 11) is 4.37. The van der Waals surface area contributed by atoms with E-state index in [1.165, 1.54) is 24.3 Å². The molecule has 8 nitrogen and oxygen atoms in total. The topological polar surface area (TPSA) is 86.6 Å². The molecule has 0 radical (unpaired) electrons. The molecule has 2 N–H and O–H groups in total. The number of nitrogens with zero attached hydrogens (tertiary/aromatic N) is 5. The van der Waals surface area contributed by atoms with Crippen LogP contribution in [0.4, 0.5) is 14.6 Å². The van der Waals surface area contributed by atoms with Crippen LogP contribution in [0.15, 0.2) is 30.5 Å². The lowest BCUT2D eigenvalue weighted by Gasteiger charge is -2.55. The predicted molar refractivity (Wildman–Crippen MR) is 174 cm³/mol. The molecule has 2 aliphatic heterocycles. The number of terminal acetylenes is 1. The van der Waals surface area contributed by atoms with E-state index >= 15 is 4.39 Å². The van der Waals surface area contributed by atoms with Crippen molar-refractivity contribution in [3.63, 3.8) is 0 Å². The van der Waals surface area contributed by atoms with Gasteiger partial charge in [-0.15, -0.1) is 6.42 Å². The molecule has 3 aliphatic carbocycles. The molecule has 2 saturated heterocycles. The second-order valence-electron chi connectivity index (χ2n) is 14.1. The fourth-order valence-corrected chi connectivity index (χ4v) is 8.59. The number of halogens is 2. The Kier molecular flexibility index (Phi) is 6.85. The van der Waals surface area contributed by atoms with E-state index in [1.807, 2.05) is 0 Å².